The van der Waals surface area contributed by atoms with E-state index in [0.717, 1.165) is 52.1 Å². The molecular weight excluding hydrogens is 572 g/mol. The second-order valence-electron chi connectivity index (χ2n) is 11.3. The number of aliphatic carboxylic acids is 1. The predicted molar refractivity (Wildman–Crippen MR) is 171 cm³/mol. The second kappa shape index (κ2) is 14.2. The number of aromatic nitrogens is 2. The van der Waals surface area contributed by atoms with E-state index in [-0.39, 0.29) is 5.91 Å². The Morgan fingerprint density at radius 1 is 1.07 bits per heavy atom. The Morgan fingerprint density at radius 3 is 2.67 bits per heavy atom. The zero-order chi connectivity index (χ0) is 31.9. The number of fused-ring (bicyclic) bond motifs is 1. The molecule has 2 heterocycles. The molecule has 1 unspecified atom stereocenters. The van der Waals surface area contributed by atoms with E-state index in [1.807, 2.05) is 48.4 Å². The maximum absolute atomic E-state index is 13.3. The van der Waals surface area contributed by atoms with Crippen molar-refractivity contribution >= 4 is 23.5 Å². The van der Waals surface area contributed by atoms with Crippen LogP contribution in [0.2, 0.25) is 0 Å². The van der Waals surface area contributed by atoms with Crippen LogP contribution in [0.4, 0.5) is 5.69 Å². The molecule has 0 radical (unpaired) electrons. The monoisotopic (exact) mass is 610 g/mol. The van der Waals surface area contributed by atoms with Crippen LogP contribution in [-0.4, -0.2) is 63.6 Å². The first-order valence-electron chi connectivity index (χ1n) is 15.1. The van der Waals surface area contributed by atoms with E-state index >= 15 is 0 Å². The fraction of sp³-hybridized carbons (Fsp3) is 0.314. The normalized spacial score (nSPS) is 13.2. The number of carbonyl (C=O) groups excluding carboxylic acids is 2. The van der Waals surface area contributed by atoms with E-state index in [1.165, 1.54) is 5.56 Å². The maximum Gasteiger partial charge on any atom is 0.328 e. The largest absolute Gasteiger partial charge is 0.493 e. The fourth-order valence-corrected chi connectivity index (χ4v) is 5.59. The highest BCUT2D eigenvalue weighted by molar-refractivity contribution is 5.97. The summed E-state index contributed by atoms with van der Waals surface area (Å²) in [6.45, 7) is 4.96. The Kier molecular flexibility index (Phi) is 9.94. The summed E-state index contributed by atoms with van der Waals surface area (Å²) in [7, 11) is 0. The topological polar surface area (TPSA) is 134 Å². The van der Waals surface area contributed by atoms with Crippen molar-refractivity contribution in [3.05, 3.63) is 101 Å². The van der Waals surface area contributed by atoms with Gasteiger partial charge < -0.3 is 25.2 Å². The van der Waals surface area contributed by atoms with Crippen LogP contribution in [-0.2, 0) is 22.6 Å². The number of ether oxygens (including phenoxy) is 1. The fourth-order valence-electron chi connectivity index (χ4n) is 5.59. The molecule has 1 aromatic heterocycles. The first-order chi connectivity index (χ1) is 21.7. The van der Waals surface area contributed by atoms with Crippen molar-refractivity contribution < 1.29 is 29.3 Å². The highest BCUT2D eigenvalue weighted by Gasteiger charge is 2.25. The minimum Gasteiger partial charge on any atom is -0.493 e. The lowest BCUT2D eigenvalue weighted by atomic mass is 9.93. The van der Waals surface area contributed by atoms with Gasteiger partial charge in [-0.15, -0.1) is 0 Å². The van der Waals surface area contributed by atoms with Crippen molar-refractivity contribution in [3.63, 3.8) is 0 Å². The molecule has 10 heteroatoms. The van der Waals surface area contributed by atoms with Crippen LogP contribution in [0.5, 0.6) is 5.75 Å². The van der Waals surface area contributed by atoms with E-state index in [1.54, 1.807) is 29.1 Å². The molecule has 0 saturated carbocycles. The third kappa shape index (κ3) is 7.41. The molecule has 45 heavy (non-hydrogen) atoms. The number of aliphatic hydroxyl groups excluding tert-OH is 1. The van der Waals surface area contributed by atoms with Crippen molar-refractivity contribution in [3.8, 4) is 16.9 Å². The van der Waals surface area contributed by atoms with Gasteiger partial charge in [0.15, 0.2) is 6.04 Å². The molecule has 3 N–H and O–H groups in total. The number of amides is 2. The van der Waals surface area contributed by atoms with Gasteiger partial charge in [0.25, 0.3) is 5.91 Å². The Bertz CT molecular complexity index is 1700. The number of carboxylic acid groups (broad SMARTS) is 1. The third-order valence-corrected chi connectivity index (χ3v) is 8.16. The Labute approximate surface area is 262 Å². The highest BCUT2D eigenvalue weighted by atomic mass is 16.5. The number of benzene rings is 3. The van der Waals surface area contributed by atoms with Gasteiger partial charge in [0.1, 0.15) is 5.75 Å². The van der Waals surface area contributed by atoms with E-state index < -0.39 is 24.5 Å². The standard InChI is InChI=1S/C35H38N4O6/c1-23-8-3-14-32(24(23)2)45-17-7-15-33(41)39-16-6-12-29-28(11-5-13-31(29)39)27-19-36-38(21-27)20-25-9-4-10-26(18-25)34(42)37-30(22-40)35(43)44/h3-5,8-11,13-14,18-19,21,30,40H,6-7,12,15-17,20,22H2,1-2H3,(H,37,42)(H,43,44). The summed E-state index contributed by atoms with van der Waals surface area (Å²) in [6.07, 6.45) is 6.51. The average Bonchev–Trinajstić information content (AvgIpc) is 3.51. The number of aliphatic hydroxyl groups is 1. The molecule has 1 atom stereocenters. The van der Waals surface area contributed by atoms with Crippen molar-refractivity contribution in [1.82, 2.24) is 15.1 Å². The molecule has 4 aromatic rings. The highest BCUT2D eigenvalue weighted by Crippen LogP contribution is 2.36. The first-order valence-corrected chi connectivity index (χ1v) is 15.1. The number of hydrogen-bond donors (Lipinski definition) is 3. The molecule has 3 aromatic carbocycles. The molecule has 1 aliphatic heterocycles. The van der Waals surface area contributed by atoms with Gasteiger partial charge in [-0.2, -0.15) is 5.10 Å². The number of rotatable bonds is 12. The number of aryl methyl sites for hydroxylation is 1. The number of carboxylic acids is 1. The summed E-state index contributed by atoms with van der Waals surface area (Å²) < 4.78 is 7.74. The van der Waals surface area contributed by atoms with Crippen LogP contribution in [0.25, 0.3) is 11.1 Å². The lowest BCUT2D eigenvalue weighted by molar-refractivity contribution is -0.140. The van der Waals surface area contributed by atoms with Gasteiger partial charge >= 0.3 is 5.97 Å². The van der Waals surface area contributed by atoms with Crippen molar-refractivity contribution in [2.45, 2.75) is 52.1 Å². The van der Waals surface area contributed by atoms with Crippen LogP contribution in [0.15, 0.2) is 73.1 Å². The second-order valence-corrected chi connectivity index (χ2v) is 11.3. The van der Waals surface area contributed by atoms with Crippen molar-refractivity contribution in [2.24, 2.45) is 0 Å². The number of nitrogens with zero attached hydrogens (tertiary/aromatic N) is 3. The van der Waals surface area contributed by atoms with Gasteiger partial charge in [-0.3, -0.25) is 14.3 Å². The summed E-state index contributed by atoms with van der Waals surface area (Å²) in [6, 6.07) is 17.5. The molecule has 1 aliphatic rings. The van der Waals surface area contributed by atoms with Crippen molar-refractivity contribution in [2.75, 3.05) is 24.7 Å². The zero-order valence-corrected chi connectivity index (χ0v) is 25.5. The number of anilines is 1. The van der Waals surface area contributed by atoms with Gasteiger partial charge in [0, 0.05) is 36.0 Å². The maximum atomic E-state index is 13.3. The van der Waals surface area contributed by atoms with E-state index in [9.17, 15) is 19.5 Å². The summed E-state index contributed by atoms with van der Waals surface area (Å²) in [5.41, 5.74) is 7.43. The minimum absolute atomic E-state index is 0.0888. The van der Waals surface area contributed by atoms with Gasteiger partial charge in [-0.25, -0.2) is 4.79 Å². The van der Waals surface area contributed by atoms with Gasteiger partial charge in [-0.05, 0) is 85.2 Å². The first kappa shape index (κ1) is 31.5. The molecule has 0 fully saturated rings. The molecule has 0 bridgehead atoms. The number of carbonyl (C=O) groups is 3. The SMILES string of the molecule is Cc1cccc(OCCCC(=O)N2CCCc3c(-c4cnn(Cc5cccc(C(=O)NC(CO)C(=O)O)c5)c4)cccc32)c1C. The lowest BCUT2D eigenvalue weighted by Gasteiger charge is -2.31. The number of nitrogens with one attached hydrogen (secondary N) is 1. The molecule has 234 valence electrons. The van der Waals surface area contributed by atoms with Crippen LogP contribution >= 0.6 is 0 Å². The van der Waals surface area contributed by atoms with Crippen LogP contribution in [0.1, 0.15) is 51.9 Å². The quantitative estimate of drug-likeness (QED) is 0.201. The van der Waals surface area contributed by atoms with Crippen LogP contribution < -0.4 is 15.0 Å². The van der Waals surface area contributed by atoms with Gasteiger partial charge in [0.2, 0.25) is 5.91 Å². The molecule has 5 rings (SSSR count). The average molecular weight is 611 g/mol. The summed E-state index contributed by atoms with van der Waals surface area (Å²) in [5.74, 6) is -0.935. The van der Waals surface area contributed by atoms with Gasteiger partial charge in [-0.1, -0.05) is 36.4 Å². The molecular formula is C35H38N4O6. The Morgan fingerprint density at radius 2 is 1.87 bits per heavy atom. The van der Waals surface area contributed by atoms with Crippen LogP contribution in [0, 0.1) is 13.8 Å². The smallest absolute Gasteiger partial charge is 0.328 e. The van der Waals surface area contributed by atoms with Crippen molar-refractivity contribution in [1.29, 1.82) is 0 Å². The molecule has 0 saturated heterocycles. The molecule has 10 nitrogen and oxygen atoms in total. The van der Waals surface area contributed by atoms with Gasteiger partial charge in [0.05, 0.1) is 26.0 Å². The number of hydrogen-bond acceptors (Lipinski definition) is 6. The zero-order valence-electron chi connectivity index (χ0n) is 25.5. The minimum atomic E-state index is -1.37. The Hall–Kier alpha value is -4.96. The Balaban J connectivity index is 1.24. The summed E-state index contributed by atoms with van der Waals surface area (Å²) in [4.78, 5) is 38.9. The molecule has 0 spiro atoms. The van der Waals surface area contributed by atoms with E-state index in [2.05, 4.69) is 29.5 Å². The summed E-state index contributed by atoms with van der Waals surface area (Å²) >= 11 is 0. The predicted octanol–water partition coefficient (Wildman–Crippen LogP) is 4.53. The lowest BCUT2D eigenvalue weighted by Crippen LogP contribution is -2.43. The summed E-state index contributed by atoms with van der Waals surface area (Å²) in [5, 5.41) is 25.2. The molecule has 0 aliphatic carbocycles. The van der Waals surface area contributed by atoms with Crippen LogP contribution in [0.3, 0.4) is 0 Å². The molecule has 2 amide bonds. The third-order valence-electron chi connectivity index (χ3n) is 8.16. The van der Waals surface area contributed by atoms with E-state index in [0.29, 0.717) is 38.1 Å². The van der Waals surface area contributed by atoms with E-state index in [4.69, 9.17) is 9.84 Å².